The lowest BCUT2D eigenvalue weighted by Crippen LogP contribution is -2.62. The zero-order valence-electron chi connectivity index (χ0n) is 23.3. The fraction of sp³-hybridized carbons (Fsp3) is 0.375. The molecule has 4 rings (SSSR count). The number of hydrogen-bond acceptors (Lipinski definition) is 8. The Morgan fingerprint density at radius 1 is 0.950 bits per heavy atom. The van der Waals surface area contributed by atoms with Gasteiger partial charge in [0.25, 0.3) is 0 Å². The van der Waals surface area contributed by atoms with Crippen molar-refractivity contribution < 1.29 is 28.5 Å². The fourth-order valence-electron chi connectivity index (χ4n) is 3.50. The zero-order valence-corrected chi connectivity index (χ0v) is 23.3. The van der Waals surface area contributed by atoms with Crippen LogP contribution in [0.4, 0.5) is 0 Å². The average Bonchev–Trinajstić information content (AvgIpc) is 2.93. The molecule has 0 radical (unpaired) electrons. The van der Waals surface area contributed by atoms with Crippen molar-refractivity contribution >= 4 is 11.9 Å². The van der Waals surface area contributed by atoms with Gasteiger partial charge in [-0.2, -0.15) is 0 Å². The molecular weight excluding hydrogens is 508 g/mol. The molecule has 0 aromatic heterocycles. The summed E-state index contributed by atoms with van der Waals surface area (Å²) >= 11 is 0. The Balaban J connectivity index is 0.000000247. The minimum atomic E-state index is -0.305. The van der Waals surface area contributed by atoms with E-state index in [1.165, 1.54) is 6.08 Å². The summed E-state index contributed by atoms with van der Waals surface area (Å²) in [6.07, 6.45) is 12.0. The van der Waals surface area contributed by atoms with Crippen LogP contribution < -0.4 is 5.32 Å². The normalized spacial score (nSPS) is 14.3. The predicted octanol–water partition coefficient (Wildman–Crippen LogP) is 2.98. The van der Waals surface area contributed by atoms with Crippen molar-refractivity contribution in [1.82, 2.24) is 10.2 Å². The van der Waals surface area contributed by atoms with Crippen LogP contribution in [0.2, 0.25) is 0 Å². The minimum absolute atomic E-state index is 0.221. The first kappa shape index (κ1) is 32.3. The highest BCUT2D eigenvalue weighted by atomic mass is 16.5. The van der Waals surface area contributed by atoms with Crippen LogP contribution in [0, 0.1) is 24.7 Å². The van der Waals surface area contributed by atoms with E-state index in [9.17, 15) is 9.59 Å². The Bertz CT molecular complexity index is 1140. The van der Waals surface area contributed by atoms with E-state index in [2.05, 4.69) is 17.2 Å². The Labute approximate surface area is 237 Å². The summed E-state index contributed by atoms with van der Waals surface area (Å²) in [5.74, 6) is 4.48. The first-order chi connectivity index (χ1) is 19.4. The molecule has 2 saturated heterocycles. The van der Waals surface area contributed by atoms with Gasteiger partial charge >= 0.3 is 11.9 Å². The van der Waals surface area contributed by atoms with E-state index >= 15 is 0 Å². The minimum Gasteiger partial charge on any atom is -0.461 e. The molecule has 0 atom stereocenters. The number of esters is 2. The van der Waals surface area contributed by atoms with Gasteiger partial charge in [0.05, 0.1) is 51.5 Å². The SMILES string of the molecule is C#CCN(C)C1(CC(=O)OCc2ccccc2)COC1.C#CCNC.O=C(C=C1COC1)OCc1ccccc1. The Morgan fingerprint density at radius 3 is 1.93 bits per heavy atom. The van der Waals surface area contributed by atoms with Crippen molar-refractivity contribution in [3.05, 3.63) is 83.4 Å². The van der Waals surface area contributed by atoms with Crippen molar-refractivity contribution in [2.24, 2.45) is 0 Å². The van der Waals surface area contributed by atoms with E-state index in [1.807, 2.05) is 79.7 Å². The molecule has 8 heteroatoms. The standard InChI is InChI=1S/C16H19NO3.C12H12O3.C4H7N/c1-3-9-17(2)16(12-19-13-16)10-15(18)20-11-14-7-5-4-6-8-14;13-12(6-11-7-14-8-11)15-9-10-4-2-1-3-5-10;1-3-4-5-2/h1,4-8H,9-13H2,2H3;1-6H,7-9H2;1,5H,4H2,2H3. The molecule has 2 fully saturated rings. The van der Waals surface area contributed by atoms with Crippen LogP contribution in [0.25, 0.3) is 0 Å². The quantitative estimate of drug-likeness (QED) is 0.277. The Kier molecular flexibility index (Phi) is 14.8. The summed E-state index contributed by atoms with van der Waals surface area (Å²) < 4.78 is 20.6. The number of nitrogens with zero attached hydrogens (tertiary/aromatic N) is 1. The molecule has 2 aromatic rings. The number of rotatable bonds is 10. The van der Waals surface area contributed by atoms with Gasteiger partial charge in [0.2, 0.25) is 0 Å². The molecule has 0 spiro atoms. The molecule has 0 amide bonds. The average molecular weight is 547 g/mol. The second-order valence-corrected chi connectivity index (χ2v) is 9.22. The summed E-state index contributed by atoms with van der Waals surface area (Å²) in [5, 5.41) is 2.78. The molecular formula is C32H38N2O6. The van der Waals surface area contributed by atoms with Gasteiger partial charge in [-0.05, 0) is 30.8 Å². The maximum Gasteiger partial charge on any atom is 0.331 e. The number of benzene rings is 2. The van der Waals surface area contributed by atoms with Gasteiger partial charge in [0.15, 0.2) is 0 Å². The molecule has 1 N–H and O–H groups in total. The number of hydrogen-bond donors (Lipinski definition) is 1. The van der Waals surface area contributed by atoms with Crippen molar-refractivity contribution in [3.8, 4) is 24.7 Å². The van der Waals surface area contributed by atoms with E-state index in [4.69, 9.17) is 31.8 Å². The Hall–Kier alpha value is -3.92. The number of nitrogens with one attached hydrogen (secondary N) is 1. The van der Waals surface area contributed by atoms with Gasteiger partial charge < -0.3 is 24.3 Å². The topological polar surface area (TPSA) is 86.3 Å². The van der Waals surface area contributed by atoms with Gasteiger partial charge in [-0.15, -0.1) is 12.8 Å². The monoisotopic (exact) mass is 546 g/mol. The summed E-state index contributed by atoms with van der Waals surface area (Å²) in [7, 11) is 3.73. The molecule has 2 aromatic carbocycles. The summed E-state index contributed by atoms with van der Waals surface area (Å²) in [6, 6.07) is 19.2. The summed E-state index contributed by atoms with van der Waals surface area (Å²) in [5.41, 5.74) is 2.67. The van der Waals surface area contributed by atoms with Crippen LogP contribution in [0.3, 0.4) is 0 Å². The first-order valence-corrected chi connectivity index (χ1v) is 12.9. The van der Waals surface area contributed by atoms with Crippen LogP contribution in [-0.4, -0.2) is 76.0 Å². The van der Waals surface area contributed by atoms with Crippen LogP contribution >= 0.6 is 0 Å². The number of carbonyl (C=O) groups is 2. The number of carbonyl (C=O) groups excluding carboxylic acids is 2. The van der Waals surface area contributed by atoms with E-state index < -0.39 is 0 Å². The highest BCUT2D eigenvalue weighted by Gasteiger charge is 2.44. The molecule has 0 saturated carbocycles. The lowest BCUT2D eigenvalue weighted by molar-refractivity contribution is -0.166. The second kappa shape index (κ2) is 18.4. The van der Waals surface area contributed by atoms with Crippen LogP contribution in [0.15, 0.2) is 72.3 Å². The molecule has 40 heavy (non-hydrogen) atoms. The van der Waals surface area contributed by atoms with Crippen molar-refractivity contribution in [2.75, 3.05) is 53.6 Å². The van der Waals surface area contributed by atoms with Gasteiger partial charge in [0, 0.05) is 6.08 Å². The number of likely N-dealkylation sites (N-methyl/N-ethyl adjacent to an activating group) is 1. The third-order valence-corrected chi connectivity index (χ3v) is 6.00. The Morgan fingerprint density at radius 2 is 1.52 bits per heavy atom. The molecule has 2 heterocycles. The molecule has 0 aliphatic carbocycles. The first-order valence-electron chi connectivity index (χ1n) is 12.9. The smallest absolute Gasteiger partial charge is 0.331 e. The van der Waals surface area contributed by atoms with Crippen LogP contribution in [-0.2, 0) is 41.8 Å². The van der Waals surface area contributed by atoms with Gasteiger partial charge in [0.1, 0.15) is 13.2 Å². The molecule has 2 aliphatic heterocycles. The molecule has 8 nitrogen and oxygen atoms in total. The van der Waals surface area contributed by atoms with Gasteiger partial charge in [-0.3, -0.25) is 9.69 Å². The van der Waals surface area contributed by atoms with Crippen LogP contribution in [0.5, 0.6) is 0 Å². The van der Waals surface area contributed by atoms with Gasteiger partial charge in [-0.25, -0.2) is 4.79 Å². The van der Waals surface area contributed by atoms with E-state index in [-0.39, 0.29) is 17.5 Å². The summed E-state index contributed by atoms with van der Waals surface area (Å²) in [6.45, 7) is 3.94. The lowest BCUT2D eigenvalue weighted by Gasteiger charge is -2.46. The molecule has 212 valence electrons. The number of terminal acetylenes is 2. The van der Waals surface area contributed by atoms with Crippen molar-refractivity contribution in [1.29, 1.82) is 0 Å². The highest BCUT2D eigenvalue weighted by Crippen LogP contribution is 2.28. The molecule has 0 bridgehead atoms. The second-order valence-electron chi connectivity index (χ2n) is 9.22. The van der Waals surface area contributed by atoms with Crippen LogP contribution in [0.1, 0.15) is 17.5 Å². The van der Waals surface area contributed by atoms with E-state index in [0.29, 0.717) is 59.2 Å². The van der Waals surface area contributed by atoms with Crippen molar-refractivity contribution in [3.63, 3.8) is 0 Å². The third-order valence-electron chi connectivity index (χ3n) is 6.00. The predicted molar refractivity (Wildman–Crippen MR) is 154 cm³/mol. The van der Waals surface area contributed by atoms with Crippen molar-refractivity contribution in [2.45, 2.75) is 25.2 Å². The highest BCUT2D eigenvalue weighted by molar-refractivity contribution is 5.83. The largest absolute Gasteiger partial charge is 0.461 e. The van der Waals surface area contributed by atoms with Gasteiger partial charge in [-0.1, -0.05) is 72.5 Å². The maximum atomic E-state index is 12.0. The zero-order chi connectivity index (χ0) is 29.1. The van der Waals surface area contributed by atoms with E-state index in [0.717, 1.165) is 16.7 Å². The molecule has 2 aliphatic rings. The van der Waals surface area contributed by atoms with E-state index in [1.54, 1.807) is 0 Å². The maximum absolute atomic E-state index is 12.0. The third kappa shape index (κ3) is 11.9. The lowest BCUT2D eigenvalue weighted by atomic mass is 9.91. The fourth-order valence-corrected chi connectivity index (χ4v) is 3.50. The molecule has 0 unspecified atom stereocenters. The summed E-state index contributed by atoms with van der Waals surface area (Å²) in [4.78, 5) is 25.2. The number of ether oxygens (including phenoxy) is 4.